The van der Waals surface area contributed by atoms with Crippen molar-refractivity contribution in [3.8, 4) is 0 Å². The summed E-state index contributed by atoms with van der Waals surface area (Å²) in [5, 5.41) is 3.56. The third-order valence-electron chi connectivity index (χ3n) is 4.13. The van der Waals surface area contributed by atoms with Gasteiger partial charge in [0.25, 0.3) is 0 Å². The van der Waals surface area contributed by atoms with Crippen LogP contribution in [0.4, 0.5) is 0 Å². The van der Waals surface area contributed by atoms with Crippen LogP contribution in [0.5, 0.6) is 0 Å². The molecule has 1 aliphatic heterocycles. The highest BCUT2D eigenvalue weighted by molar-refractivity contribution is 5.00. The van der Waals surface area contributed by atoms with E-state index in [1.54, 1.807) is 0 Å². The van der Waals surface area contributed by atoms with Gasteiger partial charge >= 0.3 is 0 Å². The molecule has 4 heteroatoms. The van der Waals surface area contributed by atoms with Crippen molar-refractivity contribution in [2.24, 2.45) is 5.92 Å². The normalized spacial score (nSPS) is 27.8. The highest BCUT2D eigenvalue weighted by Gasteiger charge is 2.27. The summed E-state index contributed by atoms with van der Waals surface area (Å²) in [5.41, 5.74) is 1.31. The Balaban J connectivity index is 1.59. The average molecular weight is 249 g/mol. The summed E-state index contributed by atoms with van der Waals surface area (Å²) >= 11 is 0. The predicted molar refractivity (Wildman–Crippen MR) is 70.2 cm³/mol. The van der Waals surface area contributed by atoms with Crippen LogP contribution < -0.4 is 5.32 Å². The molecular formula is C14H23N3O. The molecule has 2 heterocycles. The van der Waals surface area contributed by atoms with E-state index in [1.807, 2.05) is 12.5 Å². The van der Waals surface area contributed by atoms with Crippen molar-refractivity contribution in [1.29, 1.82) is 0 Å². The Labute approximate surface area is 109 Å². The molecule has 1 aromatic heterocycles. The smallest absolute Gasteiger partial charge is 0.0948 e. The summed E-state index contributed by atoms with van der Waals surface area (Å²) in [6.07, 6.45) is 9.38. The fourth-order valence-electron chi connectivity index (χ4n) is 2.80. The van der Waals surface area contributed by atoms with Crippen molar-refractivity contribution in [3.05, 3.63) is 18.2 Å². The van der Waals surface area contributed by atoms with Crippen molar-refractivity contribution in [2.45, 2.75) is 57.8 Å². The molecule has 1 aliphatic carbocycles. The molecule has 4 nitrogen and oxygen atoms in total. The predicted octanol–water partition coefficient (Wildman–Crippen LogP) is 1.95. The zero-order valence-electron chi connectivity index (χ0n) is 11.1. The quantitative estimate of drug-likeness (QED) is 0.837. The van der Waals surface area contributed by atoms with Crippen LogP contribution in [0.2, 0.25) is 0 Å². The Morgan fingerprint density at radius 3 is 3.11 bits per heavy atom. The van der Waals surface area contributed by atoms with E-state index in [0.29, 0.717) is 12.0 Å². The van der Waals surface area contributed by atoms with Gasteiger partial charge in [-0.05, 0) is 25.7 Å². The molecule has 100 valence electrons. The number of hydrogen-bond acceptors (Lipinski definition) is 3. The summed E-state index contributed by atoms with van der Waals surface area (Å²) in [5.74, 6) is 0.656. The highest BCUT2D eigenvalue weighted by Crippen LogP contribution is 2.25. The van der Waals surface area contributed by atoms with Crippen molar-refractivity contribution >= 4 is 0 Å². The van der Waals surface area contributed by atoms with Crippen LogP contribution in [0, 0.1) is 5.92 Å². The van der Waals surface area contributed by atoms with Crippen LogP contribution in [-0.4, -0.2) is 28.3 Å². The second kappa shape index (κ2) is 5.41. The van der Waals surface area contributed by atoms with Gasteiger partial charge in [-0.3, -0.25) is 0 Å². The third-order valence-corrected chi connectivity index (χ3v) is 4.13. The van der Waals surface area contributed by atoms with Gasteiger partial charge in [-0.1, -0.05) is 6.92 Å². The summed E-state index contributed by atoms with van der Waals surface area (Å²) in [7, 11) is 0. The fraction of sp³-hybridized carbons (Fsp3) is 0.786. The van der Waals surface area contributed by atoms with Crippen LogP contribution in [-0.2, 0) is 17.8 Å². The monoisotopic (exact) mass is 249 g/mol. The van der Waals surface area contributed by atoms with Crippen LogP contribution in [0.3, 0.4) is 0 Å². The van der Waals surface area contributed by atoms with E-state index < -0.39 is 0 Å². The minimum Gasteiger partial charge on any atom is -0.378 e. The maximum Gasteiger partial charge on any atom is 0.0948 e. The Morgan fingerprint density at radius 1 is 1.44 bits per heavy atom. The minimum absolute atomic E-state index is 0.441. The Kier molecular flexibility index (Phi) is 3.66. The van der Waals surface area contributed by atoms with Crippen molar-refractivity contribution < 1.29 is 4.74 Å². The molecule has 2 aliphatic rings. The van der Waals surface area contributed by atoms with Gasteiger partial charge in [0.15, 0.2) is 0 Å². The molecule has 0 spiro atoms. The van der Waals surface area contributed by atoms with Gasteiger partial charge in [-0.25, -0.2) is 4.98 Å². The molecule has 18 heavy (non-hydrogen) atoms. The number of ether oxygens (including phenoxy) is 1. The molecule has 1 N–H and O–H groups in total. The number of imidazole rings is 1. The first kappa shape index (κ1) is 12.2. The maximum absolute atomic E-state index is 5.76. The first-order valence-electron chi connectivity index (χ1n) is 7.20. The fourth-order valence-corrected chi connectivity index (χ4v) is 2.80. The van der Waals surface area contributed by atoms with Crippen molar-refractivity contribution in [2.75, 3.05) is 6.61 Å². The van der Waals surface area contributed by atoms with E-state index in [9.17, 15) is 0 Å². The molecule has 2 unspecified atom stereocenters. The number of nitrogens with zero attached hydrogens (tertiary/aromatic N) is 2. The van der Waals surface area contributed by atoms with Crippen LogP contribution in [0.1, 0.15) is 38.3 Å². The zero-order valence-corrected chi connectivity index (χ0v) is 11.1. The van der Waals surface area contributed by atoms with Gasteiger partial charge in [-0.15, -0.1) is 0 Å². The topological polar surface area (TPSA) is 39.1 Å². The third kappa shape index (κ3) is 2.75. The highest BCUT2D eigenvalue weighted by atomic mass is 16.5. The molecule has 1 aromatic rings. The summed E-state index contributed by atoms with van der Waals surface area (Å²) in [6, 6.07) is 0.756. The van der Waals surface area contributed by atoms with Gasteiger partial charge in [0.05, 0.1) is 18.1 Å². The number of rotatable bonds is 6. The zero-order chi connectivity index (χ0) is 12.4. The Hall–Kier alpha value is -0.870. The lowest BCUT2D eigenvalue weighted by molar-refractivity contribution is 0.0833. The lowest BCUT2D eigenvalue weighted by atomic mass is 9.99. The van der Waals surface area contributed by atoms with Gasteiger partial charge in [0.1, 0.15) is 0 Å². The molecule has 2 atom stereocenters. The SMILES string of the molecule is CCC1OCCC1Cn1cncc1CNC1CC1. The second-order valence-electron chi connectivity index (χ2n) is 5.56. The van der Waals surface area contributed by atoms with E-state index in [0.717, 1.165) is 32.2 Å². The number of nitrogens with one attached hydrogen (secondary N) is 1. The van der Waals surface area contributed by atoms with Gasteiger partial charge in [0.2, 0.25) is 0 Å². The number of aromatic nitrogens is 2. The molecule has 1 saturated heterocycles. The van der Waals surface area contributed by atoms with E-state index in [1.165, 1.54) is 25.0 Å². The molecule has 1 saturated carbocycles. The summed E-state index contributed by atoms with van der Waals surface area (Å²) in [6.45, 7) is 5.15. The standard InChI is InChI=1S/C14H23N3O/c1-2-14-11(5-6-18-14)9-17-10-15-7-13(17)8-16-12-3-4-12/h7,10-12,14,16H,2-6,8-9H2,1H3. The second-order valence-corrected chi connectivity index (χ2v) is 5.56. The van der Waals surface area contributed by atoms with Crippen LogP contribution in [0.25, 0.3) is 0 Å². The van der Waals surface area contributed by atoms with E-state index >= 15 is 0 Å². The Morgan fingerprint density at radius 2 is 2.33 bits per heavy atom. The summed E-state index contributed by atoms with van der Waals surface area (Å²) in [4.78, 5) is 4.30. The van der Waals surface area contributed by atoms with E-state index in [2.05, 4.69) is 21.8 Å². The largest absolute Gasteiger partial charge is 0.378 e. The summed E-state index contributed by atoms with van der Waals surface area (Å²) < 4.78 is 8.07. The molecule has 3 rings (SSSR count). The molecule has 0 amide bonds. The van der Waals surface area contributed by atoms with Gasteiger partial charge in [0, 0.05) is 37.9 Å². The molecule has 0 radical (unpaired) electrons. The van der Waals surface area contributed by atoms with Gasteiger partial charge in [-0.2, -0.15) is 0 Å². The van der Waals surface area contributed by atoms with Crippen molar-refractivity contribution in [3.63, 3.8) is 0 Å². The Bertz CT molecular complexity index is 386. The van der Waals surface area contributed by atoms with Crippen LogP contribution >= 0.6 is 0 Å². The minimum atomic E-state index is 0.441. The molecule has 0 aromatic carbocycles. The van der Waals surface area contributed by atoms with E-state index in [-0.39, 0.29) is 0 Å². The van der Waals surface area contributed by atoms with Crippen molar-refractivity contribution in [1.82, 2.24) is 14.9 Å². The van der Waals surface area contributed by atoms with Crippen LogP contribution in [0.15, 0.2) is 12.5 Å². The lowest BCUT2D eigenvalue weighted by Gasteiger charge is -2.18. The molecule has 2 fully saturated rings. The lowest BCUT2D eigenvalue weighted by Crippen LogP contribution is -2.23. The van der Waals surface area contributed by atoms with E-state index in [4.69, 9.17) is 4.74 Å². The maximum atomic E-state index is 5.76. The number of hydrogen-bond donors (Lipinski definition) is 1. The first-order valence-corrected chi connectivity index (χ1v) is 7.20. The molecular weight excluding hydrogens is 226 g/mol. The average Bonchev–Trinajstić information content (AvgIpc) is 2.94. The molecule has 0 bridgehead atoms. The van der Waals surface area contributed by atoms with Gasteiger partial charge < -0.3 is 14.6 Å². The first-order chi connectivity index (χ1) is 8.86.